The molecule has 0 radical (unpaired) electrons. The summed E-state index contributed by atoms with van der Waals surface area (Å²) >= 11 is 0. The molecular formula is C9H14F2O3. The Hall–Kier alpha value is -0.970. The molecule has 1 N–H and O–H groups in total. The molecule has 0 aromatic carbocycles. The minimum atomic E-state index is -3.96. The van der Waals surface area contributed by atoms with Crippen molar-refractivity contribution < 1.29 is 23.4 Å². The molecule has 82 valence electrons. The number of aliphatic hydroxyl groups is 1. The number of hydrogen-bond donors (Lipinski definition) is 1. The molecule has 0 saturated heterocycles. The van der Waals surface area contributed by atoms with E-state index in [0.29, 0.717) is 6.08 Å². The van der Waals surface area contributed by atoms with Gasteiger partial charge in [-0.15, -0.1) is 0 Å². The van der Waals surface area contributed by atoms with Gasteiger partial charge in [-0.05, 0) is 13.3 Å². The van der Waals surface area contributed by atoms with Crippen molar-refractivity contribution in [2.45, 2.75) is 31.8 Å². The maximum absolute atomic E-state index is 13.3. The summed E-state index contributed by atoms with van der Waals surface area (Å²) in [6, 6.07) is 0. The van der Waals surface area contributed by atoms with Gasteiger partial charge in [0.2, 0.25) is 0 Å². The second-order valence-corrected chi connectivity index (χ2v) is 2.78. The summed E-state index contributed by atoms with van der Waals surface area (Å²) in [6.45, 7) is 5.65. The van der Waals surface area contributed by atoms with Gasteiger partial charge in [0.05, 0.1) is 6.61 Å². The van der Waals surface area contributed by atoms with E-state index in [2.05, 4.69) is 11.3 Å². The zero-order chi connectivity index (χ0) is 11.4. The van der Waals surface area contributed by atoms with Crippen LogP contribution >= 0.6 is 0 Å². The smallest absolute Gasteiger partial charge is 0.380 e. The first-order chi connectivity index (χ1) is 6.35. The number of halogens is 2. The molecule has 0 aromatic rings. The quantitative estimate of drug-likeness (QED) is 0.550. The average Bonchev–Trinajstić information content (AvgIpc) is 2.16. The molecule has 0 amide bonds. The van der Waals surface area contributed by atoms with Crippen LogP contribution in [0.15, 0.2) is 12.7 Å². The molecular weight excluding hydrogens is 194 g/mol. The summed E-state index contributed by atoms with van der Waals surface area (Å²) in [5, 5.41) is 9.38. The van der Waals surface area contributed by atoms with Gasteiger partial charge in [-0.2, -0.15) is 8.78 Å². The molecule has 14 heavy (non-hydrogen) atoms. The fraction of sp³-hybridized carbons (Fsp3) is 0.667. The number of carbonyl (C=O) groups is 1. The second kappa shape index (κ2) is 4.50. The minimum Gasteiger partial charge on any atom is -0.461 e. The molecule has 3 nitrogen and oxygen atoms in total. The monoisotopic (exact) mass is 208 g/mol. The van der Waals surface area contributed by atoms with E-state index in [-0.39, 0.29) is 13.0 Å². The van der Waals surface area contributed by atoms with Gasteiger partial charge in [0, 0.05) is 0 Å². The molecule has 0 heterocycles. The first-order valence-corrected chi connectivity index (χ1v) is 4.26. The third-order valence-electron chi connectivity index (χ3n) is 1.95. The van der Waals surface area contributed by atoms with E-state index >= 15 is 0 Å². The molecule has 0 saturated carbocycles. The van der Waals surface area contributed by atoms with Crippen LogP contribution in [-0.4, -0.2) is 29.2 Å². The first-order valence-electron chi connectivity index (χ1n) is 4.26. The van der Waals surface area contributed by atoms with E-state index in [4.69, 9.17) is 0 Å². The highest BCUT2D eigenvalue weighted by atomic mass is 19.3. The lowest BCUT2D eigenvalue weighted by Crippen LogP contribution is -2.52. The Balaban J connectivity index is 4.90. The Bertz CT molecular complexity index is 228. The Kier molecular flexibility index (Phi) is 4.19. The van der Waals surface area contributed by atoms with Crippen LogP contribution in [0, 0.1) is 0 Å². The molecule has 0 fully saturated rings. The third kappa shape index (κ3) is 2.09. The molecule has 0 rings (SSSR count). The van der Waals surface area contributed by atoms with Crippen LogP contribution in [0.1, 0.15) is 20.3 Å². The zero-order valence-electron chi connectivity index (χ0n) is 8.22. The normalized spacial score (nSPS) is 15.8. The van der Waals surface area contributed by atoms with Crippen molar-refractivity contribution in [1.82, 2.24) is 0 Å². The molecule has 0 aromatic heterocycles. The van der Waals surface area contributed by atoms with Gasteiger partial charge in [-0.25, -0.2) is 4.79 Å². The lowest BCUT2D eigenvalue weighted by atomic mass is 9.93. The predicted molar refractivity (Wildman–Crippen MR) is 47.0 cm³/mol. The van der Waals surface area contributed by atoms with E-state index in [1.54, 1.807) is 0 Å². The van der Waals surface area contributed by atoms with Crippen molar-refractivity contribution in [2.75, 3.05) is 6.61 Å². The predicted octanol–water partition coefficient (Wildman–Crippen LogP) is 1.51. The highest BCUT2D eigenvalue weighted by Crippen LogP contribution is 2.33. The Morgan fingerprint density at radius 1 is 1.57 bits per heavy atom. The minimum absolute atomic E-state index is 0.161. The third-order valence-corrected chi connectivity index (χ3v) is 1.95. The molecule has 0 spiro atoms. The largest absolute Gasteiger partial charge is 0.461 e. The molecule has 0 aliphatic carbocycles. The van der Waals surface area contributed by atoms with Crippen molar-refractivity contribution in [3.05, 3.63) is 12.7 Å². The highest BCUT2D eigenvalue weighted by molar-refractivity contribution is 5.79. The highest BCUT2D eigenvalue weighted by Gasteiger charge is 2.57. The van der Waals surface area contributed by atoms with Crippen LogP contribution in [0.4, 0.5) is 8.78 Å². The average molecular weight is 208 g/mol. The number of ether oxygens (including phenoxy) is 1. The van der Waals surface area contributed by atoms with Crippen LogP contribution in [-0.2, 0) is 9.53 Å². The maximum atomic E-state index is 13.3. The van der Waals surface area contributed by atoms with Gasteiger partial charge < -0.3 is 9.84 Å². The fourth-order valence-corrected chi connectivity index (χ4v) is 0.893. The van der Waals surface area contributed by atoms with E-state index in [1.165, 1.54) is 13.8 Å². The summed E-state index contributed by atoms with van der Waals surface area (Å²) < 4.78 is 30.7. The number of carbonyl (C=O) groups excluding carboxylic acids is 1. The van der Waals surface area contributed by atoms with Crippen molar-refractivity contribution in [2.24, 2.45) is 0 Å². The number of hydrogen-bond acceptors (Lipinski definition) is 3. The van der Waals surface area contributed by atoms with Crippen molar-refractivity contribution in [1.29, 1.82) is 0 Å². The van der Waals surface area contributed by atoms with Crippen molar-refractivity contribution in [3.63, 3.8) is 0 Å². The Labute approximate surface area is 81.4 Å². The van der Waals surface area contributed by atoms with Crippen molar-refractivity contribution in [3.8, 4) is 0 Å². The van der Waals surface area contributed by atoms with Crippen LogP contribution in [0.25, 0.3) is 0 Å². The molecule has 0 aliphatic heterocycles. The van der Waals surface area contributed by atoms with E-state index in [1.807, 2.05) is 0 Å². The molecule has 0 bridgehead atoms. The van der Waals surface area contributed by atoms with E-state index < -0.39 is 17.5 Å². The topological polar surface area (TPSA) is 46.5 Å². The second-order valence-electron chi connectivity index (χ2n) is 2.78. The van der Waals surface area contributed by atoms with Gasteiger partial charge in [0.15, 0.2) is 5.60 Å². The van der Waals surface area contributed by atoms with Gasteiger partial charge in [0.25, 0.3) is 0 Å². The van der Waals surface area contributed by atoms with Crippen LogP contribution in [0.5, 0.6) is 0 Å². The van der Waals surface area contributed by atoms with Crippen LogP contribution in [0.2, 0.25) is 0 Å². The molecule has 1 atom stereocenters. The van der Waals surface area contributed by atoms with E-state index in [9.17, 15) is 18.7 Å². The van der Waals surface area contributed by atoms with Gasteiger partial charge >= 0.3 is 11.9 Å². The Morgan fingerprint density at radius 3 is 2.36 bits per heavy atom. The molecule has 1 unspecified atom stereocenters. The Morgan fingerprint density at radius 2 is 2.07 bits per heavy atom. The number of alkyl halides is 2. The number of rotatable bonds is 5. The van der Waals surface area contributed by atoms with Gasteiger partial charge in [-0.3, -0.25) is 0 Å². The summed E-state index contributed by atoms with van der Waals surface area (Å²) in [5.41, 5.74) is -2.54. The SMILES string of the molecule is C=CC(O)(CC)C(F)(F)C(=O)OCC. The lowest BCUT2D eigenvalue weighted by molar-refractivity contribution is -0.202. The maximum Gasteiger partial charge on any atom is 0.380 e. The molecule has 5 heteroatoms. The van der Waals surface area contributed by atoms with E-state index in [0.717, 1.165) is 0 Å². The van der Waals surface area contributed by atoms with Gasteiger partial charge in [0.1, 0.15) is 0 Å². The summed E-state index contributed by atoms with van der Waals surface area (Å²) in [4.78, 5) is 10.8. The zero-order valence-corrected chi connectivity index (χ0v) is 8.22. The standard InChI is InChI=1S/C9H14F2O3/c1-4-8(13,5-2)9(10,11)7(12)14-6-3/h4,13H,1,5-6H2,2-3H3. The first kappa shape index (κ1) is 13.0. The van der Waals surface area contributed by atoms with Crippen molar-refractivity contribution >= 4 is 5.97 Å². The van der Waals surface area contributed by atoms with Crippen LogP contribution in [0.3, 0.4) is 0 Å². The number of esters is 1. The molecule has 0 aliphatic rings. The summed E-state index contributed by atoms with van der Waals surface area (Å²) in [7, 11) is 0. The summed E-state index contributed by atoms with van der Waals surface area (Å²) in [5.74, 6) is -5.69. The van der Waals surface area contributed by atoms with Gasteiger partial charge in [-0.1, -0.05) is 19.6 Å². The van der Waals surface area contributed by atoms with Crippen LogP contribution < -0.4 is 0 Å². The summed E-state index contributed by atoms with van der Waals surface area (Å²) in [6.07, 6.45) is 0.340. The lowest BCUT2D eigenvalue weighted by Gasteiger charge is -2.30. The fourth-order valence-electron chi connectivity index (χ4n) is 0.893.